The Balaban J connectivity index is 1.99. The largest absolute Gasteiger partial charge is 0.300 e. The molecule has 1 amide bonds. The molecule has 4 nitrogen and oxygen atoms in total. The van der Waals surface area contributed by atoms with Gasteiger partial charge >= 0.3 is 0 Å². The smallest absolute Gasteiger partial charge is 0.239 e. The summed E-state index contributed by atoms with van der Waals surface area (Å²) in [6.45, 7) is 1.99. The summed E-state index contributed by atoms with van der Waals surface area (Å²) in [5.74, 6) is -0.0544. The van der Waals surface area contributed by atoms with E-state index in [0.717, 1.165) is 15.7 Å². The number of aromatic nitrogens is 2. The number of thioether (sulfide) groups is 2. The Kier molecular flexibility index (Phi) is 6.35. The first kappa shape index (κ1) is 16.6. The van der Waals surface area contributed by atoms with E-state index in [-0.39, 0.29) is 11.2 Å². The number of nitrogens with zero attached hydrogens (tertiary/aromatic N) is 2. The van der Waals surface area contributed by atoms with Crippen LogP contribution in [-0.4, -0.2) is 27.6 Å². The number of carbonyl (C=O) groups excluding carboxylic acids is 1. The fourth-order valence-corrected chi connectivity index (χ4v) is 3.78. The molecular weight excluding hydrogens is 346 g/mol. The SMILES string of the molecule is CC[C@@H](Sc1ccc(Cl)cc1)C(=O)Nc1nnc(SC)s1. The van der Waals surface area contributed by atoms with Gasteiger partial charge in [0.25, 0.3) is 0 Å². The zero-order chi connectivity index (χ0) is 15.2. The van der Waals surface area contributed by atoms with Crippen LogP contribution in [0.2, 0.25) is 5.02 Å². The molecule has 1 N–H and O–H groups in total. The Hall–Kier alpha value is -0.760. The summed E-state index contributed by atoms with van der Waals surface area (Å²) in [6.07, 6.45) is 2.66. The van der Waals surface area contributed by atoms with E-state index in [4.69, 9.17) is 11.6 Å². The van der Waals surface area contributed by atoms with Crippen molar-refractivity contribution in [1.82, 2.24) is 10.2 Å². The molecule has 0 bridgehead atoms. The van der Waals surface area contributed by atoms with Gasteiger partial charge < -0.3 is 0 Å². The molecular formula is C13H14ClN3OS3. The summed E-state index contributed by atoms with van der Waals surface area (Å²) in [5.41, 5.74) is 0. The van der Waals surface area contributed by atoms with Crippen LogP contribution in [0.25, 0.3) is 0 Å². The van der Waals surface area contributed by atoms with Crippen molar-refractivity contribution in [2.75, 3.05) is 11.6 Å². The second-order valence-electron chi connectivity index (χ2n) is 4.04. The number of hydrogen-bond acceptors (Lipinski definition) is 6. The number of anilines is 1. The van der Waals surface area contributed by atoms with Gasteiger partial charge in [-0.1, -0.05) is 41.6 Å². The maximum Gasteiger partial charge on any atom is 0.239 e. The third kappa shape index (κ3) is 4.88. The van der Waals surface area contributed by atoms with E-state index in [1.807, 2.05) is 37.4 Å². The average Bonchev–Trinajstić information content (AvgIpc) is 2.94. The summed E-state index contributed by atoms with van der Waals surface area (Å²) < 4.78 is 0.837. The molecule has 21 heavy (non-hydrogen) atoms. The standard InChI is InChI=1S/C13H14ClN3OS3/c1-3-10(20-9-6-4-8(14)5-7-9)11(18)15-12-16-17-13(19-2)21-12/h4-7,10H,3H2,1-2H3,(H,15,16,18)/t10-/m1/s1. The lowest BCUT2D eigenvalue weighted by Crippen LogP contribution is -2.24. The van der Waals surface area contributed by atoms with Crippen LogP contribution in [0.3, 0.4) is 0 Å². The topological polar surface area (TPSA) is 54.9 Å². The van der Waals surface area contributed by atoms with E-state index in [1.165, 1.54) is 34.9 Å². The first-order valence-corrected chi connectivity index (χ1v) is 9.53. The van der Waals surface area contributed by atoms with Crippen molar-refractivity contribution in [3.8, 4) is 0 Å². The molecule has 0 unspecified atom stereocenters. The van der Waals surface area contributed by atoms with E-state index in [0.29, 0.717) is 10.2 Å². The van der Waals surface area contributed by atoms with Crippen molar-refractivity contribution < 1.29 is 4.79 Å². The monoisotopic (exact) mass is 359 g/mol. The number of benzene rings is 1. The highest BCUT2D eigenvalue weighted by atomic mass is 35.5. The quantitative estimate of drug-likeness (QED) is 0.611. The zero-order valence-electron chi connectivity index (χ0n) is 11.5. The summed E-state index contributed by atoms with van der Waals surface area (Å²) in [4.78, 5) is 13.3. The first-order valence-electron chi connectivity index (χ1n) is 6.23. The number of amides is 1. The fourth-order valence-electron chi connectivity index (χ4n) is 1.53. The molecule has 2 aromatic rings. The first-order chi connectivity index (χ1) is 10.1. The maximum atomic E-state index is 12.3. The molecule has 0 aliphatic rings. The number of nitrogens with one attached hydrogen (secondary N) is 1. The van der Waals surface area contributed by atoms with Crippen LogP contribution in [0.5, 0.6) is 0 Å². The molecule has 0 saturated carbocycles. The van der Waals surface area contributed by atoms with Gasteiger partial charge in [0.2, 0.25) is 11.0 Å². The molecule has 1 aromatic carbocycles. The van der Waals surface area contributed by atoms with E-state index in [2.05, 4.69) is 15.5 Å². The number of halogens is 1. The minimum atomic E-state index is -0.173. The van der Waals surface area contributed by atoms with Gasteiger partial charge in [0.1, 0.15) is 0 Å². The molecule has 2 rings (SSSR count). The van der Waals surface area contributed by atoms with Crippen molar-refractivity contribution in [2.45, 2.75) is 27.8 Å². The van der Waals surface area contributed by atoms with E-state index >= 15 is 0 Å². The van der Waals surface area contributed by atoms with Crippen molar-refractivity contribution in [2.24, 2.45) is 0 Å². The van der Waals surface area contributed by atoms with Crippen molar-refractivity contribution in [3.63, 3.8) is 0 Å². The van der Waals surface area contributed by atoms with Crippen LogP contribution in [0.4, 0.5) is 5.13 Å². The zero-order valence-corrected chi connectivity index (χ0v) is 14.7. The Bertz CT molecular complexity index is 603. The molecule has 1 heterocycles. The van der Waals surface area contributed by atoms with Crippen LogP contribution in [0.1, 0.15) is 13.3 Å². The summed E-state index contributed by atoms with van der Waals surface area (Å²) in [6, 6.07) is 7.48. The van der Waals surface area contributed by atoms with Gasteiger partial charge in [-0.2, -0.15) is 0 Å². The third-order valence-electron chi connectivity index (χ3n) is 2.57. The molecule has 0 radical (unpaired) electrons. The highest BCUT2D eigenvalue weighted by Gasteiger charge is 2.19. The Morgan fingerprint density at radius 3 is 2.67 bits per heavy atom. The molecule has 1 atom stereocenters. The number of carbonyl (C=O) groups is 1. The van der Waals surface area contributed by atoms with Crippen LogP contribution >= 0.6 is 46.5 Å². The molecule has 0 aliphatic heterocycles. The molecule has 8 heteroatoms. The normalized spacial score (nSPS) is 12.1. The highest BCUT2D eigenvalue weighted by Crippen LogP contribution is 2.29. The van der Waals surface area contributed by atoms with Gasteiger partial charge in [-0.25, -0.2) is 0 Å². The Labute approximate surface area is 141 Å². The highest BCUT2D eigenvalue weighted by molar-refractivity contribution is 8.00. The van der Waals surface area contributed by atoms with Gasteiger partial charge in [-0.05, 0) is 36.9 Å². The lowest BCUT2D eigenvalue weighted by Gasteiger charge is -2.13. The minimum Gasteiger partial charge on any atom is -0.300 e. The molecule has 112 valence electrons. The lowest BCUT2D eigenvalue weighted by atomic mass is 10.3. The second-order valence-corrected chi connectivity index (χ2v) is 7.78. The summed E-state index contributed by atoms with van der Waals surface area (Å²) >= 11 is 10.3. The number of hydrogen-bond donors (Lipinski definition) is 1. The van der Waals surface area contributed by atoms with Crippen molar-refractivity contribution >= 4 is 57.5 Å². The predicted octanol–water partition coefficient (Wildman–Crippen LogP) is 4.42. The van der Waals surface area contributed by atoms with E-state index in [1.54, 1.807) is 0 Å². The molecule has 0 aliphatic carbocycles. The van der Waals surface area contributed by atoms with Gasteiger partial charge in [0.05, 0.1) is 5.25 Å². The Morgan fingerprint density at radius 1 is 1.38 bits per heavy atom. The summed E-state index contributed by atoms with van der Waals surface area (Å²) in [7, 11) is 0. The van der Waals surface area contributed by atoms with Crippen LogP contribution < -0.4 is 5.32 Å². The second kappa shape index (κ2) is 8.03. The number of rotatable bonds is 6. The van der Waals surface area contributed by atoms with Crippen molar-refractivity contribution in [3.05, 3.63) is 29.3 Å². The lowest BCUT2D eigenvalue weighted by molar-refractivity contribution is -0.115. The van der Waals surface area contributed by atoms with Gasteiger partial charge in [0, 0.05) is 9.92 Å². The average molecular weight is 360 g/mol. The Morgan fingerprint density at radius 2 is 2.10 bits per heavy atom. The minimum absolute atomic E-state index is 0.0544. The van der Waals surface area contributed by atoms with Gasteiger partial charge in [-0.15, -0.1) is 22.0 Å². The fraction of sp³-hybridized carbons (Fsp3) is 0.308. The molecule has 1 aromatic heterocycles. The van der Waals surface area contributed by atoms with Crippen LogP contribution in [0.15, 0.2) is 33.5 Å². The van der Waals surface area contributed by atoms with E-state index in [9.17, 15) is 4.79 Å². The van der Waals surface area contributed by atoms with Gasteiger partial charge in [-0.3, -0.25) is 10.1 Å². The van der Waals surface area contributed by atoms with Crippen molar-refractivity contribution in [1.29, 1.82) is 0 Å². The maximum absolute atomic E-state index is 12.3. The van der Waals surface area contributed by atoms with Gasteiger partial charge in [0.15, 0.2) is 4.34 Å². The molecule has 0 fully saturated rings. The molecule has 0 saturated heterocycles. The van der Waals surface area contributed by atoms with Crippen LogP contribution in [0, 0.1) is 0 Å². The van der Waals surface area contributed by atoms with Crippen LogP contribution in [-0.2, 0) is 4.79 Å². The molecule has 0 spiro atoms. The predicted molar refractivity (Wildman–Crippen MR) is 91.7 cm³/mol. The summed E-state index contributed by atoms with van der Waals surface area (Å²) in [5, 5.41) is 11.8. The van der Waals surface area contributed by atoms with E-state index < -0.39 is 0 Å². The third-order valence-corrected chi connectivity index (χ3v) is 6.01.